The van der Waals surface area contributed by atoms with Gasteiger partial charge in [-0.15, -0.1) is 0 Å². The van der Waals surface area contributed by atoms with Gasteiger partial charge in [-0.1, -0.05) is 168 Å². The molecule has 1 N–H and O–H groups in total. The number of unbranched alkanes of at least 4 members (excludes halogenated alkanes) is 22. The van der Waals surface area contributed by atoms with Crippen molar-refractivity contribution in [2.45, 2.75) is 245 Å². The normalized spacial score (nSPS) is 13.3. The molecule has 0 aliphatic heterocycles. The van der Waals surface area contributed by atoms with Crippen molar-refractivity contribution in [1.29, 1.82) is 0 Å². The molecule has 1 aliphatic rings. The second-order valence-electron chi connectivity index (χ2n) is 17.5. The molecule has 0 unspecified atom stereocenters. The Labute approximate surface area is 348 Å². The van der Waals surface area contributed by atoms with Crippen LogP contribution >= 0.6 is 0 Å². The summed E-state index contributed by atoms with van der Waals surface area (Å²) in [4.78, 5) is 30.2. The van der Waals surface area contributed by atoms with Crippen LogP contribution in [-0.4, -0.2) is 85.4 Å². The zero-order valence-corrected chi connectivity index (χ0v) is 37.8. The van der Waals surface area contributed by atoms with Crippen LogP contribution in [0.3, 0.4) is 0 Å². The van der Waals surface area contributed by atoms with E-state index in [0.717, 1.165) is 84.1 Å². The van der Waals surface area contributed by atoms with Gasteiger partial charge in [-0.25, -0.2) is 0 Å². The molecule has 0 aromatic rings. The number of carbonyl (C=O) groups excluding carboxylic acids is 2. The maximum absolute atomic E-state index is 12.8. The van der Waals surface area contributed by atoms with Crippen molar-refractivity contribution in [3.8, 4) is 0 Å². The molecule has 0 atom stereocenters. The standard InChI is InChI=1S/C49H96N2O5/c1-4-7-10-13-16-17-18-21-30-44-55-48(53)36-26-22-28-38-50(40-41-51(42-43-52)47-34-31-35-47)39-29-23-27-37-49(54)56-45-46(32-24-19-14-11-8-5-2)33-25-20-15-12-9-6-3/h46-47,52H,4-45H2,1-3H3. The highest BCUT2D eigenvalue weighted by atomic mass is 16.5. The zero-order chi connectivity index (χ0) is 40.6. The van der Waals surface area contributed by atoms with Gasteiger partial charge in [-0.05, 0) is 76.8 Å². The van der Waals surface area contributed by atoms with Gasteiger partial charge in [0, 0.05) is 38.5 Å². The number of ether oxygens (including phenoxy) is 2. The maximum Gasteiger partial charge on any atom is 0.305 e. The van der Waals surface area contributed by atoms with E-state index in [1.165, 1.54) is 154 Å². The monoisotopic (exact) mass is 793 g/mol. The van der Waals surface area contributed by atoms with E-state index in [-0.39, 0.29) is 18.5 Å². The summed E-state index contributed by atoms with van der Waals surface area (Å²) < 4.78 is 11.4. The molecule has 56 heavy (non-hydrogen) atoms. The van der Waals surface area contributed by atoms with Crippen LogP contribution in [0.2, 0.25) is 0 Å². The molecule has 0 aromatic heterocycles. The summed E-state index contributed by atoms with van der Waals surface area (Å²) in [6.45, 7) is 13.1. The van der Waals surface area contributed by atoms with Gasteiger partial charge in [-0.2, -0.15) is 0 Å². The summed E-state index contributed by atoms with van der Waals surface area (Å²) in [5, 5.41) is 9.68. The molecule has 0 saturated heterocycles. The van der Waals surface area contributed by atoms with Crippen molar-refractivity contribution >= 4 is 11.9 Å². The molecule has 332 valence electrons. The third-order valence-corrected chi connectivity index (χ3v) is 12.3. The molecule has 1 saturated carbocycles. The Bertz CT molecular complexity index is 836. The highest BCUT2D eigenvalue weighted by Crippen LogP contribution is 2.24. The predicted molar refractivity (Wildman–Crippen MR) is 238 cm³/mol. The van der Waals surface area contributed by atoms with Gasteiger partial charge in [0.1, 0.15) is 0 Å². The first-order chi connectivity index (χ1) is 27.5. The molecule has 0 radical (unpaired) electrons. The molecule has 0 spiro atoms. The Morgan fingerprint density at radius 2 is 0.964 bits per heavy atom. The van der Waals surface area contributed by atoms with E-state index in [2.05, 4.69) is 30.6 Å². The predicted octanol–water partition coefficient (Wildman–Crippen LogP) is 13.0. The molecule has 1 rings (SSSR count). The molecule has 7 heteroatoms. The average molecular weight is 793 g/mol. The van der Waals surface area contributed by atoms with Crippen molar-refractivity contribution in [1.82, 2.24) is 9.80 Å². The fourth-order valence-electron chi connectivity index (χ4n) is 8.22. The summed E-state index contributed by atoms with van der Waals surface area (Å²) in [5.74, 6) is 0.473. The lowest BCUT2D eigenvalue weighted by atomic mass is 9.91. The van der Waals surface area contributed by atoms with E-state index in [0.29, 0.717) is 38.0 Å². The molecule has 0 heterocycles. The minimum absolute atomic E-state index is 0.00964. The fraction of sp³-hybridized carbons (Fsp3) is 0.959. The second kappa shape index (κ2) is 40.6. The molecule has 7 nitrogen and oxygen atoms in total. The molecule has 0 aromatic carbocycles. The number of aliphatic hydroxyl groups excluding tert-OH is 1. The summed E-state index contributed by atoms with van der Waals surface area (Å²) in [6, 6.07) is 0.632. The second-order valence-corrected chi connectivity index (χ2v) is 17.5. The first kappa shape index (κ1) is 52.8. The largest absolute Gasteiger partial charge is 0.466 e. The van der Waals surface area contributed by atoms with Crippen molar-refractivity contribution in [3.63, 3.8) is 0 Å². The van der Waals surface area contributed by atoms with Gasteiger partial charge in [-0.3, -0.25) is 14.5 Å². The number of rotatable bonds is 44. The number of esters is 2. The first-order valence-corrected chi connectivity index (χ1v) is 24.9. The van der Waals surface area contributed by atoms with Crippen molar-refractivity contribution in [2.24, 2.45) is 5.92 Å². The Balaban J connectivity index is 2.36. The summed E-state index contributed by atoms with van der Waals surface area (Å²) in [5.41, 5.74) is 0. The van der Waals surface area contributed by atoms with E-state index in [4.69, 9.17) is 9.47 Å². The van der Waals surface area contributed by atoms with E-state index in [9.17, 15) is 14.7 Å². The van der Waals surface area contributed by atoms with Crippen LogP contribution in [0, 0.1) is 5.92 Å². The Morgan fingerprint density at radius 1 is 0.518 bits per heavy atom. The minimum Gasteiger partial charge on any atom is -0.466 e. The lowest BCUT2D eigenvalue weighted by Crippen LogP contribution is -2.45. The van der Waals surface area contributed by atoms with Crippen LogP contribution in [0.15, 0.2) is 0 Å². The molecule has 0 bridgehead atoms. The van der Waals surface area contributed by atoms with Gasteiger partial charge >= 0.3 is 11.9 Å². The highest BCUT2D eigenvalue weighted by Gasteiger charge is 2.24. The fourth-order valence-corrected chi connectivity index (χ4v) is 8.22. The van der Waals surface area contributed by atoms with E-state index < -0.39 is 0 Å². The lowest BCUT2D eigenvalue weighted by molar-refractivity contribution is -0.145. The molecule has 1 fully saturated rings. The van der Waals surface area contributed by atoms with Gasteiger partial charge in [0.25, 0.3) is 0 Å². The molecular formula is C49H96N2O5. The third kappa shape index (κ3) is 32.7. The Morgan fingerprint density at radius 3 is 1.43 bits per heavy atom. The average Bonchev–Trinajstić information content (AvgIpc) is 3.17. The van der Waals surface area contributed by atoms with Gasteiger partial charge < -0.3 is 19.5 Å². The maximum atomic E-state index is 12.8. The van der Waals surface area contributed by atoms with Crippen molar-refractivity contribution in [2.75, 3.05) is 52.5 Å². The van der Waals surface area contributed by atoms with Crippen LogP contribution in [0.1, 0.15) is 239 Å². The Hall–Kier alpha value is -1.18. The van der Waals surface area contributed by atoms with Crippen molar-refractivity contribution in [3.05, 3.63) is 0 Å². The SMILES string of the molecule is CCCCCCCCCCCOC(=O)CCCCCN(CCCCCC(=O)OCC(CCCCCCCC)CCCCCCCC)CCN(CCO)C1CCC1. The summed E-state index contributed by atoms with van der Waals surface area (Å²) in [6.07, 6.45) is 40.6. The topological polar surface area (TPSA) is 79.3 Å². The Kier molecular flexibility index (Phi) is 38.3. The van der Waals surface area contributed by atoms with Crippen molar-refractivity contribution < 1.29 is 24.2 Å². The van der Waals surface area contributed by atoms with Crippen LogP contribution in [0.4, 0.5) is 0 Å². The minimum atomic E-state index is -0.0359. The van der Waals surface area contributed by atoms with Crippen LogP contribution < -0.4 is 0 Å². The number of aliphatic hydroxyl groups is 1. The van der Waals surface area contributed by atoms with E-state index in [1.54, 1.807) is 0 Å². The van der Waals surface area contributed by atoms with Gasteiger partial charge in [0.05, 0.1) is 19.8 Å². The van der Waals surface area contributed by atoms with E-state index in [1.807, 2.05) is 0 Å². The number of carbonyl (C=O) groups is 2. The zero-order valence-electron chi connectivity index (χ0n) is 37.8. The van der Waals surface area contributed by atoms with Crippen LogP contribution in [0.25, 0.3) is 0 Å². The van der Waals surface area contributed by atoms with Gasteiger partial charge in [0.15, 0.2) is 0 Å². The van der Waals surface area contributed by atoms with Crippen LogP contribution in [0.5, 0.6) is 0 Å². The number of hydrogen-bond acceptors (Lipinski definition) is 7. The van der Waals surface area contributed by atoms with E-state index >= 15 is 0 Å². The highest BCUT2D eigenvalue weighted by molar-refractivity contribution is 5.69. The first-order valence-electron chi connectivity index (χ1n) is 24.9. The molecular weight excluding hydrogens is 697 g/mol. The quantitative estimate of drug-likeness (QED) is 0.0486. The van der Waals surface area contributed by atoms with Crippen LogP contribution in [-0.2, 0) is 19.1 Å². The number of nitrogens with zero attached hydrogens (tertiary/aromatic N) is 2. The third-order valence-electron chi connectivity index (χ3n) is 12.3. The summed E-state index contributed by atoms with van der Waals surface area (Å²) >= 11 is 0. The smallest absolute Gasteiger partial charge is 0.305 e. The molecule has 0 amide bonds. The summed E-state index contributed by atoms with van der Waals surface area (Å²) in [7, 11) is 0. The van der Waals surface area contributed by atoms with Gasteiger partial charge in [0.2, 0.25) is 0 Å². The molecule has 1 aliphatic carbocycles. The lowest BCUT2D eigenvalue weighted by Gasteiger charge is -2.38. The number of hydrogen-bond donors (Lipinski definition) is 1.